The van der Waals surface area contributed by atoms with E-state index >= 15 is 0 Å². The smallest absolute Gasteiger partial charge is 0.314 e. The second kappa shape index (κ2) is 6.65. The Morgan fingerprint density at radius 2 is 1.95 bits per heavy atom. The van der Waals surface area contributed by atoms with E-state index in [1.807, 2.05) is 0 Å². The summed E-state index contributed by atoms with van der Waals surface area (Å²) in [7, 11) is 1.44. The third kappa shape index (κ3) is 3.77. The monoisotopic (exact) mass is 327 g/mol. The van der Waals surface area contributed by atoms with Crippen LogP contribution in [0.1, 0.15) is 5.56 Å². The molecule has 5 nitrogen and oxygen atoms in total. The molecule has 2 aromatic rings. The topological polar surface area (TPSA) is 61.6 Å². The molecule has 0 unspecified atom stereocenters. The number of rotatable bonds is 5. The Labute approximate surface area is 131 Å². The minimum atomic E-state index is -0.526. The maximum atomic E-state index is 11.0. The van der Waals surface area contributed by atoms with Gasteiger partial charge in [0.25, 0.3) is 0 Å². The summed E-state index contributed by atoms with van der Waals surface area (Å²) < 4.78 is 10.4. The highest BCUT2D eigenvalue weighted by molar-refractivity contribution is 6.35. The Balaban J connectivity index is 2.21. The number of hydrogen-bond acceptors (Lipinski definition) is 4. The van der Waals surface area contributed by atoms with Gasteiger partial charge in [-0.25, -0.2) is 0 Å². The summed E-state index contributed by atoms with van der Waals surface area (Å²) in [6, 6.07) is 9.35. The van der Waals surface area contributed by atoms with Gasteiger partial charge in [0.15, 0.2) is 5.75 Å². The molecule has 0 N–H and O–H groups in total. The molecule has 0 heterocycles. The molecular formula is C14H11Cl2NO4. The zero-order valence-corrected chi connectivity index (χ0v) is 12.5. The zero-order valence-electron chi connectivity index (χ0n) is 11.0. The van der Waals surface area contributed by atoms with Gasteiger partial charge in [0.2, 0.25) is 0 Å². The molecule has 0 atom stereocenters. The van der Waals surface area contributed by atoms with Gasteiger partial charge in [-0.2, -0.15) is 0 Å². The number of halogens is 2. The first-order valence-corrected chi connectivity index (χ1v) is 6.66. The number of nitrogens with zero attached hydrogens (tertiary/aromatic N) is 1. The summed E-state index contributed by atoms with van der Waals surface area (Å²) in [5.74, 6) is 0.533. The molecule has 0 bridgehead atoms. The lowest BCUT2D eigenvalue weighted by Gasteiger charge is -2.09. The summed E-state index contributed by atoms with van der Waals surface area (Å²) >= 11 is 11.8. The van der Waals surface area contributed by atoms with Gasteiger partial charge < -0.3 is 9.47 Å². The van der Waals surface area contributed by atoms with Crippen molar-refractivity contribution in [3.05, 3.63) is 62.1 Å². The standard InChI is InChI=1S/C14H11Cl2NO4/c1-20-11-4-5-14(13(7-11)17(18)19)21-8-9-2-3-10(15)6-12(9)16/h2-7H,8H2,1H3. The molecule has 0 saturated heterocycles. The van der Waals surface area contributed by atoms with E-state index in [4.69, 9.17) is 32.7 Å². The van der Waals surface area contributed by atoms with Gasteiger partial charge in [-0.3, -0.25) is 10.1 Å². The van der Waals surface area contributed by atoms with Crippen molar-refractivity contribution in [2.45, 2.75) is 6.61 Å². The molecule has 0 saturated carbocycles. The predicted octanol–water partition coefficient (Wildman–Crippen LogP) is 4.49. The summed E-state index contributed by atoms with van der Waals surface area (Å²) in [6.45, 7) is 0.100. The van der Waals surface area contributed by atoms with Crippen LogP contribution in [0, 0.1) is 10.1 Å². The zero-order chi connectivity index (χ0) is 15.4. The van der Waals surface area contributed by atoms with Crippen LogP contribution < -0.4 is 9.47 Å². The van der Waals surface area contributed by atoms with Crippen molar-refractivity contribution in [1.29, 1.82) is 0 Å². The molecule has 7 heteroatoms. The highest BCUT2D eigenvalue weighted by Gasteiger charge is 2.17. The first-order chi connectivity index (χ1) is 10.0. The van der Waals surface area contributed by atoms with E-state index in [0.29, 0.717) is 21.4 Å². The largest absolute Gasteiger partial charge is 0.496 e. The molecule has 0 aliphatic heterocycles. The number of nitro groups is 1. The Kier molecular flexibility index (Phi) is 4.88. The maximum absolute atomic E-state index is 11.0. The van der Waals surface area contributed by atoms with E-state index in [1.165, 1.54) is 19.2 Å². The second-order valence-electron chi connectivity index (χ2n) is 4.12. The lowest BCUT2D eigenvalue weighted by Crippen LogP contribution is -2.00. The van der Waals surface area contributed by atoms with Crippen LogP contribution in [0.15, 0.2) is 36.4 Å². The minimum Gasteiger partial charge on any atom is -0.496 e. The van der Waals surface area contributed by atoms with Crippen LogP contribution >= 0.6 is 23.2 Å². The van der Waals surface area contributed by atoms with Gasteiger partial charge in [0, 0.05) is 15.6 Å². The molecule has 0 radical (unpaired) electrons. The average Bonchev–Trinajstić information content (AvgIpc) is 2.46. The Bertz CT molecular complexity index is 676. The van der Waals surface area contributed by atoms with Crippen molar-refractivity contribution in [3.63, 3.8) is 0 Å². The molecule has 110 valence electrons. The molecule has 0 amide bonds. The van der Waals surface area contributed by atoms with E-state index in [2.05, 4.69) is 0 Å². The van der Waals surface area contributed by atoms with Crippen molar-refractivity contribution < 1.29 is 14.4 Å². The SMILES string of the molecule is COc1ccc(OCc2ccc(Cl)cc2Cl)c([N+](=O)[O-])c1. The van der Waals surface area contributed by atoms with Gasteiger partial charge in [-0.15, -0.1) is 0 Å². The molecule has 0 fully saturated rings. The van der Waals surface area contributed by atoms with Gasteiger partial charge in [0.1, 0.15) is 12.4 Å². The Morgan fingerprint density at radius 1 is 1.19 bits per heavy atom. The van der Waals surface area contributed by atoms with Gasteiger partial charge in [-0.1, -0.05) is 29.3 Å². The van der Waals surface area contributed by atoms with Crippen LogP contribution in [-0.4, -0.2) is 12.0 Å². The highest BCUT2D eigenvalue weighted by Crippen LogP contribution is 2.32. The fraction of sp³-hybridized carbons (Fsp3) is 0.143. The van der Waals surface area contributed by atoms with Crippen molar-refractivity contribution in [3.8, 4) is 11.5 Å². The molecule has 21 heavy (non-hydrogen) atoms. The minimum absolute atomic E-state index is 0.100. The molecule has 0 aromatic heterocycles. The Morgan fingerprint density at radius 3 is 2.57 bits per heavy atom. The van der Waals surface area contributed by atoms with Gasteiger partial charge >= 0.3 is 5.69 Å². The van der Waals surface area contributed by atoms with E-state index in [-0.39, 0.29) is 18.0 Å². The van der Waals surface area contributed by atoms with Crippen LogP contribution in [0.4, 0.5) is 5.69 Å². The van der Waals surface area contributed by atoms with Gasteiger partial charge in [-0.05, 0) is 24.3 Å². The maximum Gasteiger partial charge on any atom is 0.314 e. The number of methoxy groups -OCH3 is 1. The van der Waals surface area contributed by atoms with E-state index in [1.54, 1.807) is 24.3 Å². The average molecular weight is 328 g/mol. The van der Waals surface area contributed by atoms with E-state index in [0.717, 1.165) is 0 Å². The van der Waals surface area contributed by atoms with Crippen LogP contribution in [0.2, 0.25) is 10.0 Å². The molecule has 0 aliphatic carbocycles. The second-order valence-corrected chi connectivity index (χ2v) is 4.96. The summed E-state index contributed by atoms with van der Waals surface area (Å²) in [5, 5.41) is 12.0. The van der Waals surface area contributed by atoms with Crippen LogP contribution in [0.25, 0.3) is 0 Å². The first kappa shape index (κ1) is 15.4. The van der Waals surface area contributed by atoms with E-state index in [9.17, 15) is 10.1 Å². The summed E-state index contributed by atoms with van der Waals surface area (Å²) in [4.78, 5) is 10.5. The van der Waals surface area contributed by atoms with Gasteiger partial charge in [0.05, 0.1) is 18.1 Å². The summed E-state index contributed by atoms with van der Waals surface area (Å²) in [5.41, 5.74) is 0.519. The molecule has 0 spiro atoms. The summed E-state index contributed by atoms with van der Waals surface area (Å²) in [6.07, 6.45) is 0. The van der Waals surface area contributed by atoms with Crippen molar-refractivity contribution in [2.24, 2.45) is 0 Å². The first-order valence-electron chi connectivity index (χ1n) is 5.90. The fourth-order valence-corrected chi connectivity index (χ4v) is 2.15. The quantitative estimate of drug-likeness (QED) is 0.599. The van der Waals surface area contributed by atoms with E-state index < -0.39 is 4.92 Å². The van der Waals surface area contributed by atoms with Crippen molar-refractivity contribution in [2.75, 3.05) is 7.11 Å². The normalized spacial score (nSPS) is 10.2. The predicted molar refractivity (Wildman–Crippen MR) is 80.4 cm³/mol. The number of benzene rings is 2. The third-order valence-electron chi connectivity index (χ3n) is 2.76. The van der Waals surface area contributed by atoms with Crippen LogP contribution in [-0.2, 0) is 6.61 Å². The number of ether oxygens (including phenoxy) is 2. The van der Waals surface area contributed by atoms with Crippen molar-refractivity contribution in [1.82, 2.24) is 0 Å². The van der Waals surface area contributed by atoms with Crippen molar-refractivity contribution >= 4 is 28.9 Å². The highest BCUT2D eigenvalue weighted by atomic mass is 35.5. The molecular weight excluding hydrogens is 317 g/mol. The third-order valence-corrected chi connectivity index (χ3v) is 3.35. The number of nitro benzene ring substituents is 1. The molecule has 2 rings (SSSR count). The lowest BCUT2D eigenvalue weighted by molar-refractivity contribution is -0.386. The van der Waals surface area contributed by atoms with Crippen LogP contribution in [0.3, 0.4) is 0 Å². The Hall–Kier alpha value is -1.98. The lowest BCUT2D eigenvalue weighted by atomic mass is 10.2. The van der Waals surface area contributed by atoms with Crippen LogP contribution in [0.5, 0.6) is 11.5 Å². The fourth-order valence-electron chi connectivity index (χ4n) is 1.68. The molecule has 0 aliphatic rings. The number of hydrogen-bond donors (Lipinski definition) is 0. The molecule has 2 aromatic carbocycles.